The van der Waals surface area contributed by atoms with Gasteiger partial charge >= 0.3 is 0 Å². The first-order valence-corrected chi connectivity index (χ1v) is 5.57. The first kappa shape index (κ1) is 10.2. The van der Waals surface area contributed by atoms with Crippen molar-refractivity contribution >= 4 is 5.91 Å². The van der Waals surface area contributed by atoms with Crippen molar-refractivity contribution in [3.8, 4) is 0 Å². The maximum Gasteiger partial charge on any atom is 0.218 e. The Hall–Kier alpha value is -1.31. The van der Waals surface area contributed by atoms with Gasteiger partial charge in [0.25, 0.3) is 0 Å². The third-order valence-corrected chi connectivity index (χ3v) is 3.46. The fourth-order valence-corrected chi connectivity index (χ4v) is 2.74. The normalized spacial score (nSPS) is 18.9. The molecule has 2 N–H and O–H groups in total. The van der Waals surface area contributed by atoms with Gasteiger partial charge in [-0.1, -0.05) is 43.2 Å². The molecule has 0 spiro atoms. The summed E-state index contributed by atoms with van der Waals surface area (Å²) >= 11 is 0. The average Bonchev–Trinajstić information content (AvgIpc) is 2.68. The molecule has 15 heavy (non-hydrogen) atoms. The lowest BCUT2D eigenvalue weighted by atomic mass is 9.76. The first-order chi connectivity index (χ1) is 7.23. The minimum Gasteiger partial charge on any atom is -0.370 e. The Kier molecular flexibility index (Phi) is 2.76. The molecule has 2 rings (SSSR count). The largest absolute Gasteiger partial charge is 0.370 e. The quantitative estimate of drug-likeness (QED) is 0.805. The molecule has 0 heterocycles. The molecule has 1 aromatic rings. The lowest BCUT2D eigenvalue weighted by molar-refractivity contribution is -0.119. The summed E-state index contributed by atoms with van der Waals surface area (Å²) in [6.45, 7) is 0. The number of rotatable bonds is 3. The molecule has 0 atom stereocenters. The molecule has 2 heteroatoms. The Morgan fingerprint density at radius 1 is 1.20 bits per heavy atom. The highest BCUT2D eigenvalue weighted by molar-refractivity contribution is 5.75. The molecule has 1 amide bonds. The Balaban J connectivity index is 2.30. The lowest BCUT2D eigenvalue weighted by Crippen LogP contribution is -2.29. The minimum absolute atomic E-state index is 0.0348. The van der Waals surface area contributed by atoms with Crippen LogP contribution in [0.25, 0.3) is 0 Å². The zero-order chi connectivity index (χ0) is 10.7. The smallest absolute Gasteiger partial charge is 0.218 e. The van der Waals surface area contributed by atoms with Crippen LogP contribution in [-0.4, -0.2) is 5.91 Å². The van der Waals surface area contributed by atoms with Crippen LogP contribution in [0, 0.1) is 0 Å². The zero-order valence-corrected chi connectivity index (χ0v) is 8.91. The van der Waals surface area contributed by atoms with Crippen LogP contribution in [0.1, 0.15) is 37.7 Å². The summed E-state index contributed by atoms with van der Waals surface area (Å²) in [4.78, 5) is 11.2. The Labute approximate surface area is 90.5 Å². The topological polar surface area (TPSA) is 43.1 Å². The molecule has 2 nitrogen and oxygen atoms in total. The van der Waals surface area contributed by atoms with E-state index in [0.29, 0.717) is 6.42 Å². The van der Waals surface area contributed by atoms with Gasteiger partial charge in [0.15, 0.2) is 0 Å². The highest BCUT2D eigenvalue weighted by atomic mass is 16.1. The molecule has 1 fully saturated rings. The highest BCUT2D eigenvalue weighted by Gasteiger charge is 2.36. The van der Waals surface area contributed by atoms with Crippen LogP contribution in [-0.2, 0) is 10.2 Å². The fraction of sp³-hybridized carbons (Fsp3) is 0.462. The SMILES string of the molecule is NC(=O)CC1(c2ccccc2)CCCC1. The monoisotopic (exact) mass is 203 g/mol. The number of primary amides is 1. The second-order valence-electron chi connectivity index (χ2n) is 4.50. The van der Waals surface area contributed by atoms with Gasteiger partial charge in [0, 0.05) is 11.8 Å². The van der Waals surface area contributed by atoms with E-state index in [0.717, 1.165) is 12.8 Å². The molecule has 1 aliphatic carbocycles. The summed E-state index contributed by atoms with van der Waals surface area (Å²) in [5.41, 5.74) is 6.67. The zero-order valence-electron chi connectivity index (χ0n) is 8.91. The Bertz CT molecular complexity index is 339. The lowest BCUT2D eigenvalue weighted by Gasteiger charge is -2.28. The summed E-state index contributed by atoms with van der Waals surface area (Å²) < 4.78 is 0. The molecular weight excluding hydrogens is 186 g/mol. The van der Waals surface area contributed by atoms with E-state index in [2.05, 4.69) is 12.1 Å². The molecule has 0 aliphatic heterocycles. The number of hydrogen-bond acceptors (Lipinski definition) is 1. The van der Waals surface area contributed by atoms with Crippen molar-refractivity contribution in [2.75, 3.05) is 0 Å². The van der Waals surface area contributed by atoms with Crippen molar-refractivity contribution in [1.82, 2.24) is 0 Å². The third-order valence-electron chi connectivity index (χ3n) is 3.46. The van der Waals surface area contributed by atoms with E-state index in [4.69, 9.17) is 5.73 Å². The number of carbonyl (C=O) groups is 1. The fourth-order valence-electron chi connectivity index (χ4n) is 2.74. The van der Waals surface area contributed by atoms with Gasteiger partial charge in [0.2, 0.25) is 5.91 Å². The number of carbonyl (C=O) groups excluding carboxylic acids is 1. The number of benzene rings is 1. The van der Waals surface area contributed by atoms with Crippen LogP contribution in [0.5, 0.6) is 0 Å². The molecule has 1 saturated carbocycles. The van der Waals surface area contributed by atoms with Gasteiger partial charge in [0.05, 0.1) is 0 Å². The predicted molar refractivity (Wildman–Crippen MR) is 60.4 cm³/mol. The van der Waals surface area contributed by atoms with Gasteiger partial charge in [-0.15, -0.1) is 0 Å². The minimum atomic E-state index is -0.180. The van der Waals surface area contributed by atoms with Gasteiger partial charge in [-0.3, -0.25) is 4.79 Å². The molecule has 1 aromatic carbocycles. The maximum atomic E-state index is 11.2. The van der Waals surface area contributed by atoms with Gasteiger partial charge < -0.3 is 5.73 Å². The Morgan fingerprint density at radius 2 is 1.80 bits per heavy atom. The summed E-state index contributed by atoms with van der Waals surface area (Å²) in [7, 11) is 0. The van der Waals surface area contributed by atoms with E-state index in [9.17, 15) is 4.79 Å². The van der Waals surface area contributed by atoms with Crippen molar-refractivity contribution in [1.29, 1.82) is 0 Å². The summed E-state index contributed by atoms with van der Waals surface area (Å²) in [6.07, 6.45) is 5.11. The van der Waals surface area contributed by atoms with E-state index >= 15 is 0 Å². The second kappa shape index (κ2) is 4.05. The molecular formula is C13H17NO. The second-order valence-corrected chi connectivity index (χ2v) is 4.50. The van der Waals surface area contributed by atoms with Crippen LogP contribution in [0.3, 0.4) is 0 Å². The van der Waals surface area contributed by atoms with E-state index in [1.807, 2.05) is 18.2 Å². The van der Waals surface area contributed by atoms with Crippen LogP contribution in [0.2, 0.25) is 0 Å². The van der Waals surface area contributed by atoms with Crippen molar-refractivity contribution < 1.29 is 4.79 Å². The van der Waals surface area contributed by atoms with Gasteiger partial charge in [-0.25, -0.2) is 0 Å². The van der Waals surface area contributed by atoms with Crippen molar-refractivity contribution in [2.24, 2.45) is 5.73 Å². The number of hydrogen-bond donors (Lipinski definition) is 1. The molecule has 0 aromatic heterocycles. The van der Waals surface area contributed by atoms with Crippen LogP contribution < -0.4 is 5.73 Å². The van der Waals surface area contributed by atoms with Crippen LogP contribution in [0.15, 0.2) is 30.3 Å². The first-order valence-electron chi connectivity index (χ1n) is 5.57. The predicted octanol–water partition coefficient (Wildman–Crippen LogP) is 2.37. The van der Waals surface area contributed by atoms with E-state index in [1.54, 1.807) is 0 Å². The summed E-state index contributed by atoms with van der Waals surface area (Å²) in [5, 5.41) is 0. The maximum absolute atomic E-state index is 11.2. The summed E-state index contributed by atoms with van der Waals surface area (Å²) in [5.74, 6) is -0.180. The number of nitrogens with two attached hydrogens (primary N) is 1. The molecule has 0 radical (unpaired) electrons. The van der Waals surface area contributed by atoms with E-state index < -0.39 is 0 Å². The van der Waals surface area contributed by atoms with Crippen molar-refractivity contribution in [3.63, 3.8) is 0 Å². The highest BCUT2D eigenvalue weighted by Crippen LogP contribution is 2.43. The molecule has 1 aliphatic rings. The standard InChI is InChI=1S/C13H17NO/c14-12(15)10-13(8-4-5-9-13)11-6-2-1-3-7-11/h1-3,6-7H,4-5,8-10H2,(H2,14,15). The van der Waals surface area contributed by atoms with E-state index in [-0.39, 0.29) is 11.3 Å². The van der Waals surface area contributed by atoms with E-state index in [1.165, 1.54) is 18.4 Å². The van der Waals surface area contributed by atoms with Crippen LogP contribution >= 0.6 is 0 Å². The van der Waals surface area contributed by atoms with Crippen LogP contribution in [0.4, 0.5) is 0 Å². The van der Waals surface area contributed by atoms with Crippen molar-refractivity contribution in [2.45, 2.75) is 37.5 Å². The molecule has 0 unspecified atom stereocenters. The molecule has 0 saturated heterocycles. The number of amides is 1. The molecule has 0 bridgehead atoms. The van der Waals surface area contributed by atoms with Gasteiger partial charge in [-0.2, -0.15) is 0 Å². The average molecular weight is 203 g/mol. The third kappa shape index (κ3) is 2.04. The van der Waals surface area contributed by atoms with Gasteiger partial charge in [0.1, 0.15) is 0 Å². The van der Waals surface area contributed by atoms with Gasteiger partial charge in [-0.05, 0) is 18.4 Å². The molecule has 80 valence electrons. The Morgan fingerprint density at radius 3 is 2.33 bits per heavy atom. The summed E-state index contributed by atoms with van der Waals surface area (Å²) in [6, 6.07) is 10.3. The van der Waals surface area contributed by atoms with Crippen molar-refractivity contribution in [3.05, 3.63) is 35.9 Å².